The Bertz CT molecular complexity index is 371. The molecule has 0 aliphatic rings. The van der Waals surface area contributed by atoms with Crippen LogP contribution in [0, 0.1) is 0 Å². The highest BCUT2D eigenvalue weighted by Gasteiger charge is 2.11. The third-order valence-corrected chi connectivity index (χ3v) is 2.05. The van der Waals surface area contributed by atoms with E-state index in [4.69, 9.17) is 21.4 Å². The summed E-state index contributed by atoms with van der Waals surface area (Å²) in [6, 6.07) is 2.86. The van der Waals surface area contributed by atoms with Crippen LogP contribution in [0.5, 0.6) is 0 Å². The van der Waals surface area contributed by atoms with Gasteiger partial charge in [-0.15, -0.1) is 0 Å². The smallest absolute Gasteiger partial charge is 0.339 e. The van der Waals surface area contributed by atoms with Crippen LogP contribution in [0.1, 0.15) is 17.3 Å². The lowest BCUT2D eigenvalue weighted by atomic mass is 10.2. The number of hydrogen-bond donors (Lipinski definition) is 2. The molecule has 2 N–H and O–H groups in total. The number of rotatable bonds is 6. The Morgan fingerprint density at radius 1 is 1.62 bits per heavy atom. The lowest BCUT2D eigenvalue weighted by Crippen LogP contribution is -2.13. The molecular formula is C10H13ClN2O3. The van der Waals surface area contributed by atoms with Crippen LogP contribution in [0.2, 0.25) is 5.15 Å². The van der Waals surface area contributed by atoms with Gasteiger partial charge in [-0.1, -0.05) is 11.6 Å². The molecule has 0 radical (unpaired) electrons. The van der Waals surface area contributed by atoms with Crippen molar-refractivity contribution < 1.29 is 14.6 Å². The molecule has 1 heterocycles. The second kappa shape index (κ2) is 6.30. The number of aromatic nitrogens is 1. The molecule has 0 amide bonds. The van der Waals surface area contributed by atoms with Gasteiger partial charge in [0.1, 0.15) is 16.5 Å². The normalized spacial score (nSPS) is 10.1. The summed E-state index contributed by atoms with van der Waals surface area (Å²) in [5.41, 5.74) is 0.0981. The van der Waals surface area contributed by atoms with Crippen LogP contribution in [0.3, 0.4) is 0 Å². The first-order valence-corrected chi connectivity index (χ1v) is 5.24. The number of pyridine rings is 1. The molecule has 1 aromatic rings. The lowest BCUT2D eigenvalue weighted by Gasteiger charge is -2.08. The van der Waals surface area contributed by atoms with Crippen molar-refractivity contribution in [1.29, 1.82) is 0 Å². The number of carboxylic acids is 1. The fraction of sp³-hybridized carbons (Fsp3) is 0.400. The molecule has 0 aromatic carbocycles. The molecule has 0 spiro atoms. The van der Waals surface area contributed by atoms with Crippen molar-refractivity contribution in [2.24, 2.45) is 0 Å². The van der Waals surface area contributed by atoms with E-state index in [0.29, 0.717) is 19.8 Å². The number of hydrogen-bond acceptors (Lipinski definition) is 4. The van der Waals surface area contributed by atoms with Crippen molar-refractivity contribution in [2.45, 2.75) is 6.92 Å². The molecule has 0 aliphatic heterocycles. The first kappa shape index (κ1) is 12.7. The van der Waals surface area contributed by atoms with Crippen LogP contribution < -0.4 is 5.32 Å². The first-order chi connectivity index (χ1) is 7.65. The number of nitrogens with one attached hydrogen (secondary N) is 1. The number of halogens is 1. The Hall–Kier alpha value is -1.33. The van der Waals surface area contributed by atoms with E-state index in [1.54, 1.807) is 0 Å². The number of aromatic carboxylic acids is 1. The highest BCUT2D eigenvalue weighted by Crippen LogP contribution is 2.16. The molecule has 6 heteroatoms. The van der Waals surface area contributed by atoms with E-state index >= 15 is 0 Å². The molecule has 0 aliphatic carbocycles. The van der Waals surface area contributed by atoms with Crippen LogP contribution >= 0.6 is 11.6 Å². The Morgan fingerprint density at radius 2 is 2.38 bits per heavy atom. The van der Waals surface area contributed by atoms with E-state index < -0.39 is 5.97 Å². The van der Waals surface area contributed by atoms with Crippen LogP contribution in [-0.2, 0) is 4.74 Å². The van der Waals surface area contributed by atoms with Crippen molar-refractivity contribution in [1.82, 2.24) is 4.98 Å². The molecule has 0 saturated heterocycles. The predicted molar refractivity (Wildman–Crippen MR) is 61.2 cm³/mol. The fourth-order valence-corrected chi connectivity index (χ4v) is 1.28. The standard InChI is InChI=1S/C10H13ClN2O3/c1-2-16-6-5-12-9-7(10(14)15)3-4-8(11)13-9/h3-4H,2,5-6H2,1H3,(H,12,13)(H,14,15). The van der Waals surface area contributed by atoms with Gasteiger partial charge in [0.25, 0.3) is 0 Å². The minimum atomic E-state index is -1.04. The molecule has 0 atom stereocenters. The summed E-state index contributed by atoms with van der Waals surface area (Å²) in [7, 11) is 0. The van der Waals surface area contributed by atoms with Crippen molar-refractivity contribution in [2.75, 3.05) is 25.1 Å². The van der Waals surface area contributed by atoms with E-state index in [9.17, 15) is 4.79 Å². The highest BCUT2D eigenvalue weighted by atomic mass is 35.5. The summed E-state index contributed by atoms with van der Waals surface area (Å²) < 4.78 is 5.12. The van der Waals surface area contributed by atoms with Gasteiger partial charge in [0.2, 0.25) is 0 Å². The maximum Gasteiger partial charge on any atom is 0.339 e. The van der Waals surface area contributed by atoms with Gasteiger partial charge in [-0.2, -0.15) is 0 Å². The van der Waals surface area contributed by atoms with Gasteiger partial charge < -0.3 is 15.2 Å². The zero-order valence-corrected chi connectivity index (χ0v) is 9.62. The van der Waals surface area contributed by atoms with E-state index in [0.717, 1.165) is 0 Å². The highest BCUT2D eigenvalue weighted by molar-refractivity contribution is 6.29. The van der Waals surface area contributed by atoms with Crippen molar-refractivity contribution in [3.8, 4) is 0 Å². The monoisotopic (exact) mass is 244 g/mol. The summed E-state index contributed by atoms with van der Waals surface area (Å²) in [5.74, 6) is -0.775. The summed E-state index contributed by atoms with van der Waals surface area (Å²) in [4.78, 5) is 14.8. The van der Waals surface area contributed by atoms with E-state index in [1.165, 1.54) is 12.1 Å². The quantitative estimate of drug-likeness (QED) is 0.591. The van der Waals surface area contributed by atoms with Crippen molar-refractivity contribution in [3.05, 3.63) is 22.8 Å². The molecule has 1 aromatic heterocycles. The number of anilines is 1. The zero-order valence-electron chi connectivity index (χ0n) is 8.86. The third-order valence-electron chi connectivity index (χ3n) is 1.83. The van der Waals surface area contributed by atoms with Gasteiger partial charge >= 0.3 is 5.97 Å². The van der Waals surface area contributed by atoms with Gasteiger partial charge in [0.05, 0.1) is 6.61 Å². The first-order valence-electron chi connectivity index (χ1n) is 4.86. The van der Waals surface area contributed by atoms with E-state index in [-0.39, 0.29) is 16.5 Å². The lowest BCUT2D eigenvalue weighted by molar-refractivity contribution is 0.0697. The number of carbonyl (C=O) groups is 1. The summed E-state index contributed by atoms with van der Waals surface area (Å²) in [5, 5.41) is 12.0. The second-order valence-electron chi connectivity index (χ2n) is 2.96. The van der Waals surface area contributed by atoms with Crippen LogP contribution in [-0.4, -0.2) is 35.8 Å². The van der Waals surface area contributed by atoms with Crippen molar-refractivity contribution >= 4 is 23.4 Å². The number of nitrogens with zero attached hydrogens (tertiary/aromatic N) is 1. The Labute approximate surface area is 98.4 Å². The Kier molecular flexibility index (Phi) is 5.01. The zero-order chi connectivity index (χ0) is 12.0. The molecule has 16 heavy (non-hydrogen) atoms. The SMILES string of the molecule is CCOCCNc1nc(Cl)ccc1C(=O)O. The van der Waals surface area contributed by atoms with Crippen molar-refractivity contribution in [3.63, 3.8) is 0 Å². The predicted octanol–water partition coefficient (Wildman–Crippen LogP) is 1.88. The largest absolute Gasteiger partial charge is 0.478 e. The maximum absolute atomic E-state index is 10.9. The molecular weight excluding hydrogens is 232 g/mol. The number of ether oxygens (including phenoxy) is 1. The van der Waals surface area contributed by atoms with Crippen LogP contribution in [0.25, 0.3) is 0 Å². The third kappa shape index (κ3) is 3.67. The summed E-state index contributed by atoms with van der Waals surface area (Å²) >= 11 is 5.69. The molecule has 1 rings (SSSR count). The van der Waals surface area contributed by atoms with Gasteiger partial charge in [-0.25, -0.2) is 9.78 Å². The Morgan fingerprint density at radius 3 is 3.00 bits per heavy atom. The molecule has 0 bridgehead atoms. The summed E-state index contributed by atoms with van der Waals surface area (Å²) in [6.07, 6.45) is 0. The van der Waals surface area contributed by atoms with E-state index in [2.05, 4.69) is 10.3 Å². The molecule has 88 valence electrons. The minimum absolute atomic E-state index is 0.0981. The van der Waals surface area contributed by atoms with E-state index in [1.807, 2.05) is 6.92 Å². The topological polar surface area (TPSA) is 71.5 Å². The molecule has 5 nitrogen and oxygen atoms in total. The maximum atomic E-state index is 10.9. The average Bonchev–Trinajstić information content (AvgIpc) is 2.24. The fourth-order valence-electron chi connectivity index (χ4n) is 1.13. The second-order valence-corrected chi connectivity index (χ2v) is 3.35. The molecule has 0 saturated carbocycles. The van der Waals surface area contributed by atoms with Crippen LogP contribution in [0.4, 0.5) is 5.82 Å². The average molecular weight is 245 g/mol. The van der Waals surface area contributed by atoms with Gasteiger partial charge in [0.15, 0.2) is 0 Å². The molecule has 0 fully saturated rings. The van der Waals surface area contributed by atoms with Crippen LogP contribution in [0.15, 0.2) is 12.1 Å². The van der Waals surface area contributed by atoms with Gasteiger partial charge in [-0.05, 0) is 19.1 Å². The Balaban J connectivity index is 2.68. The molecule has 0 unspecified atom stereocenters. The van der Waals surface area contributed by atoms with Gasteiger partial charge in [0, 0.05) is 13.2 Å². The minimum Gasteiger partial charge on any atom is -0.478 e. The summed E-state index contributed by atoms with van der Waals surface area (Å²) in [6.45, 7) is 3.49. The number of carboxylic acid groups (broad SMARTS) is 1. The van der Waals surface area contributed by atoms with Gasteiger partial charge in [-0.3, -0.25) is 0 Å².